The van der Waals surface area contributed by atoms with Crippen LogP contribution in [0.25, 0.3) is 5.69 Å². The number of rotatable bonds is 5. The summed E-state index contributed by atoms with van der Waals surface area (Å²) in [6, 6.07) is 19.7. The highest BCUT2D eigenvalue weighted by atomic mass is 19.1. The number of benzene rings is 2. The number of carbonyl (C=O) groups excluding carboxylic acids is 2. The zero-order chi connectivity index (χ0) is 24.5. The van der Waals surface area contributed by atoms with E-state index in [0.717, 1.165) is 11.4 Å². The van der Waals surface area contributed by atoms with Crippen LogP contribution in [0, 0.1) is 5.82 Å². The Labute approximate surface area is 202 Å². The van der Waals surface area contributed by atoms with Crippen LogP contribution >= 0.6 is 0 Å². The summed E-state index contributed by atoms with van der Waals surface area (Å²) in [6.07, 6.45) is 3.53. The zero-order valence-electron chi connectivity index (χ0n) is 19.4. The maximum absolute atomic E-state index is 14.1. The first-order valence-corrected chi connectivity index (χ1v) is 11.4. The van der Waals surface area contributed by atoms with Crippen LogP contribution in [0.4, 0.5) is 20.6 Å². The van der Waals surface area contributed by atoms with Crippen molar-refractivity contribution in [3.8, 4) is 5.69 Å². The third kappa shape index (κ3) is 4.07. The predicted molar refractivity (Wildman–Crippen MR) is 131 cm³/mol. The number of halogens is 1. The van der Waals surface area contributed by atoms with Crippen LogP contribution in [0.5, 0.6) is 0 Å². The number of urea groups is 1. The quantitative estimate of drug-likeness (QED) is 0.412. The van der Waals surface area contributed by atoms with Crippen molar-refractivity contribution in [1.29, 1.82) is 0 Å². The number of fused-ring (bicyclic) bond motifs is 3. The molecule has 8 heteroatoms. The van der Waals surface area contributed by atoms with Gasteiger partial charge in [0.15, 0.2) is 0 Å². The van der Waals surface area contributed by atoms with Crippen molar-refractivity contribution in [2.24, 2.45) is 0 Å². The van der Waals surface area contributed by atoms with Gasteiger partial charge in [0.05, 0.1) is 29.0 Å². The van der Waals surface area contributed by atoms with E-state index in [9.17, 15) is 14.0 Å². The molecule has 3 amide bonds. The topological polar surface area (TPSA) is 70.7 Å². The molecular weight excluding hydrogens is 447 g/mol. The molecule has 0 aliphatic carbocycles. The van der Waals surface area contributed by atoms with Gasteiger partial charge in [-0.25, -0.2) is 9.18 Å². The van der Waals surface area contributed by atoms with Gasteiger partial charge in [0, 0.05) is 12.2 Å². The van der Waals surface area contributed by atoms with Crippen molar-refractivity contribution in [2.75, 3.05) is 16.8 Å². The fourth-order valence-corrected chi connectivity index (χ4v) is 4.44. The third-order valence-electron chi connectivity index (χ3n) is 6.11. The lowest BCUT2D eigenvalue weighted by molar-refractivity contribution is -0.120. The Morgan fingerprint density at radius 1 is 1.00 bits per heavy atom. The minimum atomic E-state index is -0.554. The van der Waals surface area contributed by atoms with Crippen molar-refractivity contribution in [3.05, 3.63) is 103 Å². The SMILES string of the molecule is CC(C)N(CC(=O)N1c2ccccc2-n2cccc2C1c1ccco1)C(=O)Nc1ccccc1F. The second-order valence-electron chi connectivity index (χ2n) is 8.61. The molecule has 0 bridgehead atoms. The van der Waals surface area contributed by atoms with Gasteiger partial charge in [0.1, 0.15) is 24.2 Å². The number of furan rings is 1. The first-order valence-electron chi connectivity index (χ1n) is 11.4. The molecule has 1 unspecified atom stereocenters. The van der Waals surface area contributed by atoms with Gasteiger partial charge in [0.25, 0.3) is 0 Å². The molecule has 0 fully saturated rings. The van der Waals surface area contributed by atoms with Gasteiger partial charge in [-0.1, -0.05) is 24.3 Å². The zero-order valence-corrected chi connectivity index (χ0v) is 19.4. The number of hydrogen-bond acceptors (Lipinski definition) is 3. The van der Waals surface area contributed by atoms with Crippen molar-refractivity contribution >= 4 is 23.3 Å². The summed E-state index contributed by atoms with van der Waals surface area (Å²) in [7, 11) is 0. The van der Waals surface area contributed by atoms with Gasteiger partial charge < -0.3 is 19.2 Å². The Morgan fingerprint density at radius 2 is 1.74 bits per heavy atom. The Hall–Kier alpha value is -4.33. The maximum Gasteiger partial charge on any atom is 0.322 e. The van der Waals surface area contributed by atoms with Gasteiger partial charge in [-0.15, -0.1) is 0 Å². The van der Waals surface area contributed by atoms with Crippen LogP contribution in [-0.4, -0.2) is 34.0 Å². The Morgan fingerprint density at radius 3 is 2.46 bits per heavy atom. The van der Waals surface area contributed by atoms with Crippen LogP contribution in [-0.2, 0) is 4.79 Å². The fourth-order valence-electron chi connectivity index (χ4n) is 4.44. The first-order chi connectivity index (χ1) is 17.0. The van der Waals surface area contributed by atoms with Gasteiger partial charge in [0.2, 0.25) is 5.91 Å². The minimum absolute atomic E-state index is 0.0604. The van der Waals surface area contributed by atoms with Crippen molar-refractivity contribution in [2.45, 2.75) is 25.9 Å². The average Bonchev–Trinajstić information content (AvgIpc) is 3.55. The van der Waals surface area contributed by atoms with Gasteiger partial charge >= 0.3 is 6.03 Å². The molecule has 2 aromatic heterocycles. The number of amides is 3. The second kappa shape index (κ2) is 9.13. The molecule has 3 heterocycles. The summed E-state index contributed by atoms with van der Waals surface area (Å²) in [6.45, 7) is 3.42. The monoisotopic (exact) mass is 472 g/mol. The number of hydrogen-bond donors (Lipinski definition) is 1. The summed E-state index contributed by atoms with van der Waals surface area (Å²) in [4.78, 5) is 30.1. The number of aromatic nitrogens is 1. The molecule has 7 nitrogen and oxygen atoms in total. The van der Waals surface area contributed by atoms with Crippen molar-refractivity contribution in [1.82, 2.24) is 9.47 Å². The molecule has 35 heavy (non-hydrogen) atoms. The van der Waals surface area contributed by atoms with E-state index in [1.165, 1.54) is 17.0 Å². The number of anilines is 2. The smallest absolute Gasteiger partial charge is 0.322 e. The first kappa shape index (κ1) is 22.5. The number of nitrogens with one attached hydrogen (secondary N) is 1. The molecule has 5 rings (SSSR count). The fraction of sp³-hybridized carbons (Fsp3) is 0.185. The van der Waals surface area contributed by atoms with E-state index in [1.54, 1.807) is 29.4 Å². The third-order valence-corrected chi connectivity index (χ3v) is 6.11. The van der Waals surface area contributed by atoms with Crippen LogP contribution in [0.15, 0.2) is 89.7 Å². The van der Waals surface area contributed by atoms with E-state index in [0.29, 0.717) is 11.4 Å². The highest BCUT2D eigenvalue weighted by molar-refractivity contribution is 6.01. The Bertz CT molecular complexity index is 1360. The normalized spacial score (nSPS) is 14.4. The second-order valence-corrected chi connectivity index (χ2v) is 8.61. The van der Waals surface area contributed by atoms with E-state index < -0.39 is 17.9 Å². The molecule has 1 aliphatic heterocycles. The maximum atomic E-state index is 14.1. The van der Waals surface area contributed by atoms with Crippen LogP contribution in [0.2, 0.25) is 0 Å². The molecule has 4 aromatic rings. The van der Waals surface area contributed by atoms with Gasteiger partial charge in [-0.05, 0) is 62.4 Å². The molecule has 0 saturated heterocycles. The van der Waals surface area contributed by atoms with Crippen LogP contribution in [0.3, 0.4) is 0 Å². The molecule has 1 atom stereocenters. The molecular formula is C27H25FN4O3. The van der Waals surface area contributed by atoms with Gasteiger partial charge in [-0.3, -0.25) is 9.69 Å². The van der Waals surface area contributed by atoms with E-state index in [4.69, 9.17) is 4.42 Å². The molecule has 1 aliphatic rings. The summed E-state index contributed by atoms with van der Waals surface area (Å²) in [5.41, 5.74) is 2.50. The number of para-hydroxylation sites is 3. The highest BCUT2D eigenvalue weighted by Gasteiger charge is 2.38. The summed E-state index contributed by atoms with van der Waals surface area (Å²) < 4.78 is 21.9. The molecule has 2 aromatic carbocycles. The predicted octanol–water partition coefficient (Wildman–Crippen LogP) is 5.59. The van der Waals surface area contributed by atoms with E-state index in [-0.39, 0.29) is 24.2 Å². The highest BCUT2D eigenvalue weighted by Crippen LogP contribution is 2.42. The molecule has 0 radical (unpaired) electrons. The molecule has 0 spiro atoms. The molecule has 178 valence electrons. The van der Waals surface area contributed by atoms with Crippen molar-refractivity contribution < 1.29 is 18.4 Å². The number of nitrogens with zero attached hydrogens (tertiary/aromatic N) is 3. The van der Waals surface area contributed by atoms with Crippen LogP contribution < -0.4 is 10.2 Å². The largest absolute Gasteiger partial charge is 0.467 e. The molecule has 1 N–H and O–H groups in total. The summed E-state index contributed by atoms with van der Waals surface area (Å²) in [5.74, 6) is -0.220. The average molecular weight is 473 g/mol. The van der Waals surface area contributed by atoms with E-state index in [2.05, 4.69) is 5.32 Å². The minimum Gasteiger partial charge on any atom is -0.467 e. The Balaban J connectivity index is 1.50. The van der Waals surface area contributed by atoms with E-state index in [1.807, 2.05) is 67.1 Å². The number of carbonyl (C=O) groups is 2. The lowest BCUT2D eigenvalue weighted by atomic mass is 10.0. The summed E-state index contributed by atoms with van der Waals surface area (Å²) in [5, 5.41) is 2.59. The molecule has 0 saturated carbocycles. The summed E-state index contributed by atoms with van der Waals surface area (Å²) >= 11 is 0. The van der Waals surface area contributed by atoms with Crippen molar-refractivity contribution in [3.63, 3.8) is 0 Å². The van der Waals surface area contributed by atoms with Gasteiger partial charge in [-0.2, -0.15) is 0 Å². The van der Waals surface area contributed by atoms with E-state index >= 15 is 0 Å². The lowest BCUT2D eigenvalue weighted by Gasteiger charge is -2.38. The van der Waals surface area contributed by atoms with Crippen LogP contribution in [0.1, 0.15) is 31.3 Å². The Kier molecular flexibility index (Phi) is 5.86. The lowest BCUT2D eigenvalue weighted by Crippen LogP contribution is -2.49. The standard InChI is InChI=1S/C27H25FN4O3/c1-18(2)31(27(34)29-20-10-4-3-9-19(20)28)17-25(33)32-22-12-6-5-11-21(22)30-15-7-13-23(30)26(32)24-14-8-16-35-24/h3-16,18,26H,17H2,1-2H3,(H,29,34).